The van der Waals surface area contributed by atoms with Crippen LogP contribution in [0, 0.1) is 0 Å². The van der Waals surface area contributed by atoms with Crippen molar-refractivity contribution in [2.24, 2.45) is 5.73 Å². The molecule has 3 heteroatoms. The fourth-order valence-electron chi connectivity index (χ4n) is 2.06. The zero-order chi connectivity index (χ0) is 12.1. The summed E-state index contributed by atoms with van der Waals surface area (Å²) in [5.41, 5.74) is 5.82. The number of hydrogen-bond donors (Lipinski definition) is 1. The van der Waals surface area contributed by atoms with Gasteiger partial charge in [-0.15, -0.1) is 0 Å². The van der Waals surface area contributed by atoms with Gasteiger partial charge in [-0.05, 0) is 0 Å². The molecular weight excluding hydrogens is 340 g/mol. The van der Waals surface area contributed by atoms with Crippen molar-refractivity contribution in [3.05, 3.63) is 60.7 Å². The number of benzene rings is 2. The van der Waals surface area contributed by atoms with E-state index in [0.29, 0.717) is 0 Å². The molecule has 0 aliphatic rings. The van der Waals surface area contributed by atoms with E-state index < -0.39 is 4.90 Å². The van der Waals surface area contributed by atoms with Gasteiger partial charge in [0, 0.05) is 0 Å². The van der Waals surface area contributed by atoms with E-state index in [-0.39, 0.29) is 0 Å². The van der Waals surface area contributed by atoms with Crippen LogP contribution in [0.5, 0.6) is 0 Å². The van der Waals surface area contributed by atoms with Crippen molar-refractivity contribution in [2.45, 2.75) is 0 Å². The molecule has 0 heterocycles. The third-order valence-corrected chi connectivity index (χ3v) is 11.8. The standard InChI is InChI=1S/C14H17INP/c15-17(12-11-16,13-7-3-1-4-8-13)14-9-5-2-6-10-14/h1-10,17H,11-12,16H2. The summed E-state index contributed by atoms with van der Waals surface area (Å²) in [5, 5.41) is 2.91. The second-order valence-electron chi connectivity index (χ2n) is 4.07. The van der Waals surface area contributed by atoms with Crippen molar-refractivity contribution in [2.75, 3.05) is 12.7 Å². The SMILES string of the molecule is NCC[PH](I)(c1ccccc1)c1ccccc1. The van der Waals surface area contributed by atoms with Gasteiger partial charge in [0.2, 0.25) is 0 Å². The average Bonchev–Trinajstić information content (AvgIpc) is 2.41. The third kappa shape index (κ3) is 2.87. The Balaban J connectivity index is 2.47. The predicted octanol–water partition coefficient (Wildman–Crippen LogP) is 2.70. The monoisotopic (exact) mass is 357 g/mol. The van der Waals surface area contributed by atoms with Gasteiger partial charge in [-0.3, -0.25) is 0 Å². The molecule has 0 spiro atoms. The van der Waals surface area contributed by atoms with Crippen molar-refractivity contribution in [3.63, 3.8) is 0 Å². The van der Waals surface area contributed by atoms with Gasteiger partial charge in [-0.1, -0.05) is 0 Å². The van der Waals surface area contributed by atoms with Crippen LogP contribution in [0.3, 0.4) is 0 Å². The van der Waals surface area contributed by atoms with Gasteiger partial charge < -0.3 is 0 Å². The maximum absolute atomic E-state index is 5.82. The zero-order valence-electron chi connectivity index (χ0n) is 9.64. The van der Waals surface area contributed by atoms with Crippen LogP contribution in [-0.4, -0.2) is 12.7 Å². The zero-order valence-corrected chi connectivity index (χ0v) is 12.8. The Morgan fingerprint density at radius 2 is 1.24 bits per heavy atom. The van der Waals surface area contributed by atoms with E-state index in [1.165, 1.54) is 10.6 Å². The van der Waals surface area contributed by atoms with Gasteiger partial charge >= 0.3 is 117 Å². The van der Waals surface area contributed by atoms with Crippen LogP contribution < -0.4 is 16.3 Å². The first-order valence-electron chi connectivity index (χ1n) is 5.77. The Labute approximate surface area is 116 Å². The summed E-state index contributed by atoms with van der Waals surface area (Å²) in [7, 11) is 0. The first-order chi connectivity index (χ1) is 8.27. The van der Waals surface area contributed by atoms with Gasteiger partial charge in [-0.25, -0.2) is 0 Å². The molecule has 2 rings (SSSR count). The number of hydrogen-bond acceptors (Lipinski definition) is 1. The Morgan fingerprint density at radius 3 is 1.59 bits per heavy atom. The van der Waals surface area contributed by atoms with Crippen molar-refractivity contribution < 1.29 is 0 Å². The minimum atomic E-state index is -1.66. The Morgan fingerprint density at radius 1 is 0.824 bits per heavy atom. The molecular formula is C14H17INP. The molecule has 0 aliphatic heterocycles. The molecule has 0 bridgehead atoms. The molecule has 0 aromatic heterocycles. The average molecular weight is 357 g/mol. The van der Waals surface area contributed by atoms with E-state index >= 15 is 0 Å². The molecule has 0 fully saturated rings. The fourth-order valence-corrected chi connectivity index (χ4v) is 7.90. The molecule has 17 heavy (non-hydrogen) atoms. The molecule has 0 saturated heterocycles. The molecule has 0 aliphatic carbocycles. The Bertz CT molecular complexity index is 419. The molecule has 0 saturated carbocycles. The molecule has 2 aromatic rings. The van der Waals surface area contributed by atoms with Crippen LogP contribution in [-0.2, 0) is 0 Å². The second-order valence-corrected chi connectivity index (χ2v) is 12.9. The first-order valence-corrected chi connectivity index (χ1v) is 11.1. The van der Waals surface area contributed by atoms with E-state index in [2.05, 4.69) is 82.7 Å². The third-order valence-electron chi connectivity index (χ3n) is 2.95. The quantitative estimate of drug-likeness (QED) is 0.661. The van der Waals surface area contributed by atoms with Crippen LogP contribution in [0.2, 0.25) is 0 Å². The normalized spacial score (nSPS) is 12.4. The maximum atomic E-state index is 5.82. The van der Waals surface area contributed by atoms with Crippen molar-refractivity contribution in [3.8, 4) is 0 Å². The predicted molar refractivity (Wildman–Crippen MR) is 88.4 cm³/mol. The number of rotatable bonds is 4. The minimum absolute atomic E-state index is 0.749. The van der Waals surface area contributed by atoms with Gasteiger partial charge in [0.15, 0.2) is 0 Å². The molecule has 0 radical (unpaired) electrons. The van der Waals surface area contributed by atoms with Crippen molar-refractivity contribution >= 4 is 37.6 Å². The Kier molecular flexibility index (Phi) is 4.55. The summed E-state index contributed by atoms with van der Waals surface area (Å²) in [6.07, 6.45) is 1.08. The molecule has 0 unspecified atom stereocenters. The first kappa shape index (κ1) is 13.0. The fraction of sp³-hybridized carbons (Fsp3) is 0.143. The Hall–Kier alpha value is -0.440. The van der Waals surface area contributed by atoms with E-state index in [1.807, 2.05) is 0 Å². The van der Waals surface area contributed by atoms with Gasteiger partial charge in [0.25, 0.3) is 0 Å². The molecule has 0 atom stereocenters. The molecule has 1 nitrogen and oxygen atoms in total. The second kappa shape index (κ2) is 5.94. The van der Waals surface area contributed by atoms with Crippen LogP contribution >= 0.6 is 26.9 Å². The number of halogens is 1. The number of nitrogens with two attached hydrogens (primary N) is 1. The summed E-state index contributed by atoms with van der Waals surface area (Å²) in [4.78, 5) is -1.66. The van der Waals surface area contributed by atoms with Gasteiger partial charge in [-0.2, -0.15) is 0 Å². The van der Waals surface area contributed by atoms with Crippen LogP contribution in [0.4, 0.5) is 0 Å². The summed E-state index contributed by atoms with van der Waals surface area (Å²) in [5.74, 6) is 0. The summed E-state index contributed by atoms with van der Waals surface area (Å²) < 4.78 is 0. The topological polar surface area (TPSA) is 26.0 Å². The molecule has 90 valence electrons. The summed E-state index contributed by atoms with van der Waals surface area (Å²) in [6.45, 7) is 0.749. The molecule has 2 N–H and O–H groups in total. The summed E-state index contributed by atoms with van der Waals surface area (Å²) in [6, 6.07) is 21.6. The van der Waals surface area contributed by atoms with Crippen LogP contribution in [0.15, 0.2) is 60.7 Å². The summed E-state index contributed by atoms with van der Waals surface area (Å²) >= 11 is 2.67. The van der Waals surface area contributed by atoms with E-state index in [1.54, 1.807) is 0 Å². The van der Waals surface area contributed by atoms with E-state index in [4.69, 9.17) is 5.73 Å². The van der Waals surface area contributed by atoms with E-state index in [9.17, 15) is 0 Å². The van der Waals surface area contributed by atoms with Crippen LogP contribution in [0.25, 0.3) is 0 Å². The van der Waals surface area contributed by atoms with Crippen LogP contribution in [0.1, 0.15) is 0 Å². The van der Waals surface area contributed by atoms with Crippen molar-refractivity contribution in [1.82, 2.24) is 0 Å². The molecule has 0 amide bonds. The van der Waals surface area contributed by atoms with Crippen molar-refractivity contribution in [1.29, 1.82) is 0 Å². The van der Waals surface area contributed by atoms with Gasteiger partial charge in [0.1, 0.15) is 0 Å². The van der Waals surface area contributed by atoms with Gasteiger partial charge in [0.05, 0.1) is 0 Å². The van der Waals surface area contributed by atoms with E-state index in [0.717, 1.165) is 12.7 Å². The molecule has 2 aromatic carbocycles.